The van der Waals surface area contributed by atoms with E-state index in [1.165, 1.54) is 0 Å². The Morgan fingerprint density at radius 3 is 2.54 bits per heavy atom. The van der Waals surface area contributed by atoms with Crippen LogP contribution in [0.2, 0.25) is 0 Å². The molecule has 0 bridgehead atoms. The van der Waals surface area contributed by atoms with Gasteiger partial charge in [-0.15, -0.1) is 0 Å². The first kappa shape index (κ1) is 20.6. The average molecular weight is 393 g/mol. The molecule has 156 valence electrons. The van der Waals surface area contributed by atoms with E-state index < -0.39 is 17.5 Å². The number of aliphatic carboxylic acids is 1. The zero-order chi connectivity index (χ0) is 20.3. The summed E-state index contributed by atoms with van der Waals surface area (Å²) in [5.74, 6) is -0.830. The van der Waals surface area contributed by atoms with Crippen LogP contribution in [0, 0.1) is 5.92 Å². The van der Waals surface area contributed by atoms with E-state index in [-0.39, 0.29) is 30.8 Å². The highest BCUT2D eigenvalue weighted by molar-refractivity contribution is 6.09. The average Bonchev–Trinajstić information content (AvgIpc) is 2.91. The molecular formula is C20H31N3O5. The third-order valence-electron chi connectivity index (χ3n) is 6.71. The predicted octanol–water partition coefficient (Wildman–Crippen LogP) is 2.12. The molecule has 1 aliphatic carbocycles. The fraction of sp³-hybridized carbons (Fsp3) is 0.800. The first-order chi connectivity index (χ1) is 13.4. The van der Waals surface area contributed by atoms with Gasteiger partial charge in [0.25, 0.3) is 5.91 Å². The van der Waals surface area contributed by atoms with Crippen LogP contribution in [0.1, 0.15) is 71.1 Å². The topological polar surface area (TPSA) is 107 Å². The summed E-state index contributed by atoms with van der Waals surface area (Å²) >= 11 is 0. The maximum atomic E-state index is 13.0. The minimum atomic E-state index is -0.878. The van der Waals surface area contributed by atoms with E-state index in [1.807, 2.05) is 0 Å². The van der Waals surface area contributed by atoms with Crippen LogP contribution in [0.4, 0.5) is 4.79 Å². The van der Waals surface area contributed by atoms with Crippen molar-refractivity contribution in [1.29, 1.82) is 0 Å². The van der Waals surface area contributed by atoms with Crippen LogP contribution in [-0.4, -0.2) is 63.4 Å². The van der Waals surface area contributed by atoms with Gasteiger partial charge in [0.1, 0.15) is 12.1 Å². The van der Waals surface area contributed by atoms with Crippen LogP contribution >= 0.6 is 0 Å². The van der Waals surface area contributed by atoms with Gasteiger partial charge in [0.2, 0.25) is 5.91 Å². The van der Waals surface area contributed by atoms with Gasteiger partial charge in [-0.05, 0) is 57.3 Å². The van der Waals surface area contributed by atoms with Gasteiger partial charge in [-0.1, -0.05) is 13.3 Å². The number of carboxylic acids is 1. The zero-order valence-corrected chi connectivity index (χ0v) is 16.6. The Morgan fingerprint density at radius 1 is 1.18 bits per heavy atom. The molecule has 3 aliphatic rings. The highest BCUT2D eigenvalue weighted by atomic mass is 16.4. The molecule has 1 saturated carbocycles. The lowest BCUT2D eigenvalue weighted by Crippen LogP contribution is -2.51. The molecule has 2 saturated heterocycles. The Balaban J connectivity index is 1.63. The third kappa shape index (κ3) is 4.15. The summed E-state index contributed by atoms with van der Waals surface area (Å²) in [7, 11) is 0. The number of carboxylic acid groups (broad SMARTS) is 1. The van der Waals surface area contributed by atoms with E-state index in [2.05, 4.69) is 12.2 Å². The van der Waals surface area contributed by atoms with Gasteiger partial charge in [-0.25, -0.2) is 4.79 Å². The Hall–Kier alpha value is -2.12. The molecule has 0 aromatic heterocycles. The number of nitrogens with zero attached hydrogens (tertiary/aromatic N) is 2. The Bertz CT molecular complexity index is 642. The van der Waals surface area contributed by atoms with Crippen molar-refractivity contribution >= 4 is 23.8 Å². The summed E-state index contributed by atoms with van der Waals surface area (Å²) in [5.41, 5.74) is -0.840. The minimum Gasteiger partial charge on any atom is -0.481 e. The lowest BCUT2D eigenvalue weighted by molar-refractivity contribution is -0.142. The SMILES string of the molecule is CCC1CCC2(CC1)NC(=O)N(CC(=O)N1CCCCC1CCC(=O)O)C2=O. The molecule has 2 heterocycles. The lowest BCUT2D eigenvalue weighted by atomic mass is 9.75. The van der Waals surface area contributed by atoms with E-state index in [0.717, 1.165) is 43.4 Å². The van der Waals surface area contributed by atoms with E-state index in [0.29, 0.717) is 31.7 Å². The van der Waals surface area contributed by atoms with Crippen molar-refractivity contribution in [1.82, 2.24) is 15.1 Å². The fourth-order valence-corrected chi connectivity index (χ4v) is 4.88. The van der Waals surface area contributed by atoms with Crippen LogP contribution in [0.15, 0.2) is 0 Å². The smallest absolute Gasteiger partial charge is 0.325 e. The zero-order valence-electron chi connectivity index (χ0n) is 16.6. The standard InChI is InChI=1S/C20H31N3O5/c1-2-14-8-10-20(11-9-14)18(27)23(19(28)21-20)13-16(24)22-12-4-3-5-15(22)6-7-17(25)26/h14-15H,2-13H2,1H3,(H,21,28)(H,25,26). The molecule has 3 rings (SSSR count). The summed E-state index contributed by atoms with van der Waals surface area (Å²) in [6.07, 6.45) is 7.16. The fourth-order valence-electron chi connectivity index (χ4n) is 4.88. The monoisotopic (exact) mass is 393 g/mol. The molecule has 1 atom stereocenters. The second-order valence-corrected chi connectivity index (χ2v) is 8.42. The van der Waals surface area contributed by atoms with Crippen molar-refractivity contribution in [3.63, 3.8) is 0 Å². The van der Waals surface area contributed by atoms with Crippen LogP contribution in [0.25, 0.3) is 0 Å². The molecule has 2 aliphatic heterocycles. The molecular weight excluding hydrogens is 362 g/mol. The quantitative estimate of drug-likeness (QED) is 0.672. The number of carbonyl (C=O) groups excluding carboxylic acids is 3. The molecule has 8 nitrogen and oxygen atoms in total. The van der Waals surface area contributed by atoms with E-state index in [1.54, 1.807) is 4.90 Å². The lowest BCUT2D eigenvalue weighted by Gasteiger charge is -2.37. The first-order valence-electron chi connectivity index (χ1n) is 10.5. The molecule has 2 N–H and O–H groups in total. The van der Waals surface area contributed by atoms with Gasteiger partial charge < -0.3 is 15.3 Å². The number of amides is 4. The van der Waals surface area contributed by atoms with Crippen molar-refractivity contribution in [2.45, 2.75) is 82.7 Å². The number of hydrogen-bond donors (Lipinski definition) is 2. The number of urea groups is 1. The van der Waals surface area contributed by atoms with Crippen molar-refractivity contribution in [2.75, 3.05) is 13.1 Å². The second-order valence-electron chi connectivity index (χ2n) is 8.42. The number of hydrogen-bond acceptors (Lipinski definition) is 4. The van der Waals surface area contributed by atoms with Crippen molar-refractivity contribution in [3.8, 4) is 0 Å². The number of likely N-dealkylation sites (tertiary alicyclic amines) is 1. The number of carbonyl (C=O) groups is 4. The second kappa shape index (κ2) is 8.49. The maximum absolute atomic E-state index is 13.0. The highest BCUT2D eigenvalue weighted by Gasteiger charge is 2.52. The molecule has 4 amide bonds. The normalized spacial score (nSPS) is 30.6. The Morgan fingerprint density at radius 2 is 1.89 bits per heavy atom. The third-order valence-corrected chi connectivity index (χ3v) is 6.71. The van der Waals surface area contributed by atoms with Gasteiger partial charge in [-0.3, -0.25) is 19.3 Å². The van der Waals surface area contributed by atoms with E-state index in [4.69, 9.17) is 5.11 Å². The van der Waals surface area contributed by atoms with Crippen LogP contribution in [-0.2, 0) is 14.4 Å². The summed E-state index contributed by atoms with van der Waals surface area (Å²) in [4.78, 5) is 52.0. The number of nitrogens with one attached hydrogen (secondary N) is 1. The van der Waals surface area contributed by atoms with Gasteiger partial charge in [0.15, 0.2) is 0 Å². The predicted molar refractivity (Wildman–Crippen MR) is 101 cm³/mol. The van der Waals surface area contributed by atoms with Gasteiger partial charge in [-0.2, -0.15) is 0 Å². The van der Waals surface area contributed by atoms with Crippen LogP contribution < -0.4 is 5.32 Å². The molecule has 0 aromatic carbocycles. The molecule has 1 spiro atoms. The van der Waals surface area contributed by atoms with E-state index >= 15 is 0 Å². The largest absolute Gasteiger partial charge is 0.481 e. The molecule has 3 fully saturated rings. The van der Waals surface area contributed by atoms with Crippen molar-refractivity contribution < 1.29 is 24.3 Å². The summed E-state index contributed by atoms with van der Waals surface area (Å²) in [6, 6.07) is -0.612. The molecule has 8 heteroatoms. The van der Waals surface area contributed by atoms with Gasteiger partial charge >= 0.3 is 12.0 Å². The van der Waals surface area contributed by atoms with Gasteiger partial charge in [0, 0.05) is 19.0 Å². The molecule has 0 radical (unpaired) electrons. The summed E-state index contributed by atoms with van der Waals surface area (Å²) in [6.45, 7) is 2.44. The highest BCUT2D eigenvalue weighted by Crippen LogP contribution is 2.37. The molecule has 1 unspecified atom stereocenters. The first-order valence-corrected chi connectivity index (χ1v) is 10.5. The summed E-state index contributed by atoms with van der Waals surface area (Å²) in [5, 5.41) is 11.8. The Labute approximate surface area is 165 Å². The summed E-state index contributed by atoms with van der Waals surface area (Å²) < 4.78 is 0. The minimum absolute atomic E-state index is 0.0132. The molecule has 0 aromatic rings. The van der Waals surface area contributed by atoms with Crippen LogP contribution in [0.5, 0.6) is 0 Å². The number of imide groups is 1. The van der Waals surface area contributed by atoms with Crippen LogP contribution in [0.3, 0.4) is 0 Å². The molecule has 28 heavy (non-hydrogen) atoms. The van der Waals surface area contributed by atoms with Crippen molar-refractivity contribution in [3.05, 3.63) is 0 Å². The van der Waals surface area contributed by atoms with Gasteiger partial charge in [0.05, 0.1) is 0 Å². The van der Waals surface area contributed by atoms with E-state index in [9.17, 15) is 19.2 Å². The Kier molecular flexibility index (Phi) is 6.25. The number of rotatable bonds is 6. The number of piperidine rings is 1. The maximum Gasteiger partial charge on any atom is 0.325 e. The van der Waals surface area contributed by atoms with Crippen molar-refractivity contribution in [2.24, 2.45) is 5.92 Å².